The van der Waals surface area contributed by atoms with Crippen LogP contribution >= 0.6 is 11.8 Å². The number of para-hydroxylation sites is 2. The van der Waals surface area contributed by atoms with Crippen molar-refractivity contribution >= 4 is 46.2 Å². The first-order valence-electron chi connectivity index (χ1n) is 11.3. The maximum atomic E-state index is 13.0. The van der Waals surface area contributed by atoms with Crippen LogP contribution in [-0.4, -0.2) is 76.9 Å². The average molecular weight is 480 g/mol. The maximum absolute atomic E-state index is 13.0. The highest BCUT2D eigenvalue weighted by molar-refractivity contribution is 7.98. The van der Waals surface area contributed by atoms with Gasteiger partial charge in [0.15, 0.2) is 0 Å². The summed E-state index contributed by atoms with van der Waals surface area (Å²) in [6.07, 6.45) is 4.25. The third kappa shape index (κ3) is 5.53. The molecule has 0 spiro atoms. The van der Waals surface area contributed by atoms with Crippen molar-refractivity contribution in [2.24, 2.45) is 0 Å². The van der Waals surface area contributed by atoms with Gasteiger partial charge >= 0.3 is 6.03 Å². The van der Waals surface area contributed by atoms with Crippen LogP contribution in [0.4, 0.5) is 10.5 Å². The van der Waals surface area contributed by atoms with Gasteiger partial charge in [-0.15, -0.1) is 0 Å². The molecule has 3 N–H and O–H groups in total. The van der Waals surface area contributed by atoms with E-state index < -0.39 is 6.04 Å². The first-order valence-corrected chi connectivity index (χ1v) is 12.7. The second kappa shape index (κ2) is 11.1. The van der Waals surface area contributed by atoms with Crippen molar-refractivity contribution in [3.63, 3.8) is 0 Å². The van der Waals surface area contributed by atoms with E-state index in [2.05, 4.69) is 15.6 Å². The van der Waals surface area contributed by atoms with Gasteiger partial charge in [-0.05, 0) is 36.6 Å². The fourth-order valence-corrected chi connectivity index (χ4v) is 4.50. The summed E-state index contributed by atoms with van der Waals surface area (Å²) in [7, 11) is 0. The number of fused-ring (bicyclic) bond motifs is 1. The number of thioether (sulfide) groups is 1. The quantitative estimate of drug-likeness (QED) is 0.484. The van der Waals surface area contributed by atoms with E-state index in [9.17, 15) is 14.4 Å². The topological polar surface area (TPSA) is 97.5 Å². The van der Waals surface area contributed by atoms with Crippen LogP contribution < -0.4 is 10.6 Å². The molecule has 4 amide bonds. The summed E-state index contributed by atoms with van der Waals surface area (Å²) in [5.74, 6) is 0.472. The molecule has 4 rings (SSSR count). The van der Waals surface area contributed by atoms with Gasteiger partial charge < -0.3 is 25.4 Å². The SMILES string of the molecule is CSCCC(NC(=O)N1CCN(C(=O)c2c[nH]c3ccccc23)CC1)C(=O)Nc1ccccc1. The Hall–Kier alpha value is -3.46. The smallest absolute Gasteiger partial charge is 0.318 e. The molecule has 1 aromatic heterocycles. The van der Waals surface area contributed by atoms with Crippen molar-refractivity contribution in [2.75, 3.05) is 43.5 Å². The predicted octanol–water partition coefficient (Wildman–Crippen LogP) is 3.40. The van der Waals surface area contributed by atoms with Crippen LogP contribution in [0.5, 0.6) is 0 Å². The largest absolute Gasteiger partial charge is 0.360 e. The Morgan fingerprint density at radius 2 is 1.65 bits per heavy atom. The second-order valence-corrected chi connectivity index (χ2v) is 9.15. The number of hydrogen-bond donors (Lipinski definition) is 3. The van der Waals surface area contributed by atoms with Crippen LogP contribution in [0.15, 0.2) is 60.8 Å². The number of H-pyrrole nitrogens is 1. The van der Waals surface area contributed by atoms with Crippen LogP contribution in [0.3, 0.4) is 0 Å². The molecule has 0 saturated carbocycles. The van der Waals surface area contributed by atoms with E-state index in [1.165, 1.54) is 0 Å². The zero-order valence-electron chi connectivity index (χ0n) is 19.1. The summed E-state index contributed by atoms with van der Waals surface area (Å²) in [5.41, 5.74) is 2.26. The Bertz CT molecular complexity index is 1140. The highest BCUT2D eigenvalue weighted by Gasteiger charge is 2.28. The Labute approximate surface area is 203 Å². The van der Waals surface area contributed by atoms with Crippen molar-refractivity contribution in [3.05, 3.63) is 66.4 Å². The van der Waals surface area contributed by atoms with Crippen LogP contribution in [0.1, 0.15) is 16.8 Å². The molecule has 1 unspecified atom stereocenters. The number of nitrogens with zero attached hydrogens (tertiary/aromatic N) is 2. The number of nitrogens with one attached hydrogen (secondary N) is 3. The number of benzene rings is 2. The standard InChI is InChI=1S/C25H29N5O3S/c1-34-16-11-22(23(31)27-18-7-3-2-4-8-18)28-25(33)30-14-12-29(13-15-30)24(32)20-17-26-21-10-6-5-9-19(20)21/h2-10,17,22,26H,11-16H2,1H3,(H,27,31)(H,28,33). The van der Waals surface area contributed by atoms with Crippen molar-refractivity contribution in [1.29, 1.82) is 0 Å². The summed E-state index contributed by atoms with van der Waals surface area (Å²) in [6, 6.07) is 16.0. The van der Waals surface area contributed by atoms with Gasteiger partial charge in [0.25, 0.3) is 5.91 Å². The molecule has 9 heteroatoms. The first-order chi connectivity index (χ1) is 16.6. The van der Waals surface area contributed by atoms with Crippen molar-refractivity contribution in [2.45, 2.75) is 12.5 Å². The second-order valence-electron chi connectivity index (χ2n) is 8.17. The summed E-state index contributed by atoms with van der Waals surface area (Å²) in [4.78, 5) is 45.4. The highest BCUT2D eigenvalue weighted by Crippen LogP contribution is 2.20. The normalized spacial score (nSPS) is 14.6. The minimum absolute atomic E-state index is 0.0439. The summed E-state index contributed by atoms with van der Waals surface area (Å²) in [5, 5.41) is 6.66. The lowest BCUT2D eigenvalue weighted by Crippen LogP contribution is -2.56. The number of rotatable bonds is 7. The average Bonchev–Trinajstić information content (AvgIpc) is 3.31. The third-order valence-electron chi connectivity index (χ3n) is 5.94. The summed E-state index contributed by atoms with van der Waals surface area (Å²) in [6.45, 7) is 1.71. The zero-order chi connectivity index (χ0) is 23.9. The van der Waals surface area contributed by atoms with E-state index >= 15 is 0 Å². The first kappa shape index (κ1) is 23.7. The van der Waals surface area contributed by atoms with Gasteiger partial charge in [0.05, 0.1) is 5.56 Å². The zero-order valence-corrected chi connectivity index (χ0v) is 19.9. The number of carbonyl (C=O) groups excluding carboxylic acids is 3. The van der Waals surface area contributed by atoms with E-state index in [0.29, 0.717) is 43.9 Å². The molecule has 0 bridgehead atoms. The maximum Gasteiger partial charge on any atom is 0.318 e. The molecule has 178 valence electrons. The molecule has 1 saturated heterocycles. The molecule has 0 aliphatic carbocycles. The Kier molecular flexibility index (Phi) is 7.74. The molecule has 2 aromatic carbocycles. The number of amides is 4. The molecule has 1 aliphatic heterocycles. The van der Waals surface area contributed by atoms with Gasteiger partial charge in [0.2, 0.25) is 5.91 Å². The molecule has 0 radical (unpaired) electrons. The molecular formula is C25H29N5O3S. The van der Waals surface area contributed by atoms with Gasteiger partial charge in [-0.25, -0.2) is 4.79 Å². The number of urea groups is 1. The van der Waals surface area contributed by atoms with E-state index in [4.69, 9.17) is 0 Å². The van der Waals surface area contributed by atoms with E-state index in [-0.39, 0.29) is 17.8 Å². The van der Waals surface area contributed by atoms with E-state index in [1.807, 2.05) is 60.9 Å². The monoisotopic (exact) mass is 479 g/mol. The van der Waals surface area contributed by atoms with E-state index in [1.54, 1.807) is 27.8 Å². The lowest BCUT2D eigenvalue weighted by atomic mass is 10.1. The van der Waals surface area contributed by atoms with Crippen molar-refractivity contribution in [1.82, 2.24) is 20.1 Å². The number of hydrogen-bond acceptors (Lipinski definition) is 4. The molecule has 34 heavy (non-hydrogen) atoms. The Morgan fingerprint density at radius 1 is 0.971 bits per heavy atom. The number of aromatic nitrogens is 1. The molecule has 2 heterocycles. The molecule has 1 aliphatic rings. The molecular weight excluding hydrogens is 450 g/mol. The van der Waals surface area contributed by atoms with Crippen LogP contribution in [0, 0.1) is 0 Å². The fraction of sp³-hybridized carbons (Fsp3) is 0.320. The third-order valence-corrected chi connectivity index (χ3v) is 6.58. The molecule has 1 fully saturated rings. The van der Waals surface area contributed by atoms with Crippen molar-refractivity contribution in [3.8, 4) is 0 Å². The van der Waals surface area contributed by atoms with E-state index in [0.717, 1.165) is 16.7 Å². The minimum Gasteiger partial charge on any atom is -0.360 e. The van der Waals surface area contributed by atoms with Gasteiger partial charge in [-0.3, -0.25) is 9.59 Å². The predicted molar refractivity (Wildman–Crippen MR) is 136 cm³/mol. The van der Waals surface area contributed by atoms with Gasteiger partial charge in [0.1, 0.15) is 6.04 Å². The van der Waals surface area contributed by atoms with Crippen LogP contribution in [-0.2, 0) is 4.79 Å². The van der Waals surface area contributed by atoms with Crippen LogP contribution in [0.2, 0.25) is 0 Å². The number of piperazine rings is 1. The van der Waals surface area contributed by atoms with Gasteiger partial charge in [0, 0.05) is 49.0 Å². The molecule has 1 atom stereocenters. The summed E-state index contributed by atoms with van der Waals surface area (Å²) < 4.78 is 0. The number of carbonyl (C=O) groups is 3. The van der Waals surface area contributed by atoms with Crippen LogP contribution in [0.25, 0.3) is 10.9 Å². The Balaban J connectivity index is 1.33. The molecule has 3 aromatic rings. The Morgan fingerprint density at radius 3 is 2.38 bits per heavy atom. The van der Waals surface area contributed by atoms with Gasteiger partial charge in [-0.2, -0.15) is 11.8 Å². The highest BCUT2D eigenvalue weighted by atomic mass is 32.2. The van der Waals surface area contributed by atoms with Crippen molar-refractivity contribution < 1.29 is 14.4 Å². The minimum atomic E-state index is -0.633. The number of anilines is 1. The molecule has 8 nitrogen and oxygen atoms in total. The fourth-order valence-electron chi connectivity index (χ4n) is 4.03. The van der Waals surface area contributed by atoms with Gasteiger partial charge in [-0.1, -0.05) is 36.4 Å². The number of aromatic amines is 1. The lowest BCUT2D eigenvalue weighted by Gasteiger charge is -2.35. The summed E-state index contributed by atoms with van der Waals surface area (Å²) >= 11 is 1.63. The lowest BCUT2D eigenvalue weighted by molar-refractivity contribution is -0.118.